The molecular formula is C20H40N4O4. The molecule has 1 heterocycles. The van der Waals surface area contributed by atoms with Crippen LogP contribution in [0.1, 0.15) is 47.0 Å². The van der Waals surface area contributed by atoms with E-state index in [-0.39, 0.29) is 6.09 Å². The molecule has 0 radical (unpaired) electrons. The van der Waals surface area contributed by atoms with Gasteiger partial charge in [-0.1, -0.05) is 0 Å². The molecule has 164 valence electrons. The average molecular weight is 401 g/mol. The second kappa shape index (κ2) is 13.6. The molecule has 1 fully saturated rings. The van der Waals surface area contributed by atoms with Gasteiger partial charge in [-0.2, -0.15) is 0 Å². The lowest BCUT2D eigenvalue weighted by Gasteiger charge is -2.33. The van der Waals surface area contributed by atoms with Crippen LogP contribution in [0.2, 0.25) is 0 Å². The highest BCUT2D eigenvalue weighted by atomic mass is 16.6. The largest absolute Gasteiger partial charge is 0.444 e. The Morgan fingerprint density at radius 1 is 1.21 bits per heavy atom. The van der Waals surface area contributed by atoms with Gasteiger partial charge in [0.1, 0.15) is 5.60 Å². The number of likely N-dealkylation sites (tertiary alicyclic amines) is 1. The van der Waals surface area contributed by atoms with E-state index in [1.54, 1.807) is 7.11 Å². The molecule has 8 heteroatoms. The molecule has 1 rings (SSSR count). The fourth-order valence-electron chi connectivity index (χ4n) is 2.89. The number of nitrogens with one attached hydrogen (secondary N) is 2. The number of aliphatic imine (C=N–C) groups is 1. The van der Waals surface area contributed by atoms with E-state index in [1.807, 2.05) is 25.7 Å². The standard InChI is InChI=1S/C20H40N4O4/c1-6-21-18(22-10-8-12-27-14-13-26-5)23-15-17-9-7-11-24(16-17)19(25)28-20(2,3)4/h17H,6-16H2,1-5H3,(H2,21,22,23). The average Bonchev–Trinajstić information content (AvgIpc) is 2.64. The number of nitrogens with zero attached hydrogens (tertiary/aromatic N) is 2. The van der Waals surface area contributed by atoms with Crippen molar-refractivity contribution in [3.05, 3.63) is 0 Å². The SMILES string of the molecule is CCNC(=NCC1CCCN(C(=O)OC(C)(C)C)C1)NCCCOCCOC. The van der Waals surface area contributed by atoms with Gasteiger partial charge in [0.15, 0.2) is 5.96 Å². The third kappa shape index (κ3) is 11.3. The van der Waals surface area contributed by atoms with Gasteiger partial charge in [-0.3, -0.25) is 4.99 Å². The van der Waals surface area contributed by atoms with Gasteiger partial charge in [0, 0.05) is 46.4 Å². The molecule has 0 aromatic heterocycles. The van der Waals surface area contributed by atoms with Crippen molar-refractivity contribution in [2.24, 2.45) is 10.9 Å². The van der Waals surface area contributed by atoms with E-state index in [9.17, 15) is 4.79 Å². The van der Waals surface area contributed by atoms with Crippen LogP contribution in [0.4, 0.5) is 4.79 Å². The van der Waals surface area contributed by atoms with E-state index in [4.69, 9.17) is 19.2 Å². The summed E-state index contributed by atoms with van der Waals surface area (Å²) in [7, 11) is 1.67. The maximum absolute atomic E-state index is 12.3. The van der Waals surface area contributed by atoms with Crippen molar-refractivity contribution in [1.29, 1.82) is 0 Å². The molecule has 0 aromatic carbocycles. The lowest BCUT2D eigenvalue weighted by Crippen LogP contribution is -2.44. The zero-order valence-corrected chi connectivity index (χ0v) is 18.4. The summed E-state index contributed by atoms with van der Waals surface area (Å²) in [4.78, 5) is 18.8. The molecule has 0 bridgehead atoms. The van der Waals surface area contributed by atoms with E-state index in [0.717, 1.165) is 44.9 Å². The predicted octanol–water partition coefficient (Wildman–Crippen LogP) is 2.24. The first kappa shape index (κ1) is 24.5. The summed E-state index contributed by atoms with van der Waals surface area (Å²) in [6.45, 7) is 13.5. The highest BCUT2D eigenvalue weighted by Gasteiger charge is 2.27. The number of piperidine rings is 1. The maximum Gasteiger partial charge on any atom is 0.410 e. The van der Waals surface area contributed by atoms with Crippen molar-refractivity contribution in [2.75, 3.05) is 59.7 Å². The van der Waals surface area contributed by atoms with Crippen LogP contribution >= 0.6 is 0 Å². The number of ether oxygens (including phenoxy) is 3. The van der Waals surface area contributed by atoms with Crippen LogP contribution < -0.4 is 10.6 Å². The second-order valence-corrected chi connectivity index (χ2v) is 8.04. The van der Waals surface area contributed by atoms with Gasteiger partial charge in [0.25, 0.3) is 0 Å². The van der Waals surface area contributed by atoms with Crippen molar-refractivity contribution < 1.29 is 19.0 Å². The van der Waals surface area contributed by atoms with E-state index in [0.29, 0.717) is 38.8 Å². The van der Waals surface area contributed by atoms with Gasteiger partial charge >= 0.3 is 6.09 Å². The number of amides is 1. The summed E-state index contributed by atoms with van der Waals surface area (Å²) in [5.41, 5.74) is -0.461. The zero-order valence-electron chi connectivity index (χ0n) is 18.4. The van der Waals surface area contributed by atoms with Crippen LogP contribution in [-0.4, -0.2) is 82.2 Å². The van der Waals surface area contributed by atoms with Crippen molar-refractivity contribution >= 4 is 12.1 Å². The van der Waals surface area contributed by atoms with Crippen molar-refractivity contribution in [2.45, 2.75) is 52.6 Å². The molecule has 1 atom stereocenters. The van der Waals surface area contributed by atoms with Crippen LogP contribution in [0.5, 0.6) is 0 Å². The first-order chi connectivity index (χ1) is 13.4. The minimum absolute atomic E-state index is 0.223. The number of methoxy groups -OCH3 is 1. The molecule has 1 unspecified atom stereocenters. The van der Waals surface area contributed by atoms with Gasteiger partial charge in [-0.05, 0) is 52.9 Å². The quantitative estimate of drug-likeness (QED) is 0.332. The minimum Gasteiger partial charge on any atom is -0.444 e. The van der Waals surface area contributed by atoms with Gasteiger partial charge in [-0.25, -0.2) is 4.79 Å². The van der Waals surface area contributed by atoms with Crippen molar-refractivity contribution in [1.82, 2.24) is 15.5 Å². The first-order valence-corrected chi connectivity index (χ1v) is 10.4. The minimum atomic E-state index is -0.461. The first-order valence-electron chi connectivity index (χ1n) is 10.4. The normalized spacial score (nSPS) is 18.1. The summed E-state index contributed by atoms with van der Waals surface area (Å²) in [5, 5.41) is 6.61. The maximum atomic E-state index is 12.3. The molecule has 1 saturated heterocycles. The zero-order chi connectivity index (χ0) is 20.8. The number of carbonyl (C=O) groups excluding carboxylic acids is 1. The third-order valence-corrected chi connectivity index (χ3v) is 4.21. The topological polar surface area (TPSA) is 84.4 Å². The summed E-state index contributed by atoms with van der Waals surface area (Å²) in [5.74, 6) is 1.17. The number of hydrogen-bond donors (Lipinski definition) is 2. The highest BCUT2D eigenvalue weighted by Crippen LogP contribution is 2.19. The summed E-state index contributed by atoms with van der Waals surface area (Å²) in [6.07, 6.45) is 2.75. The molecule has 0 saturated carbocycles. The number of guanidine groups is 1. The molecule has 8 nitrogen and oxygen atoms in total. The Morgan fingerprint density at radius 3 is 2.68 bits per heavy atom. The molecule has 1 amide bonds. The lowest BCUT2D eigenvalue weighted by molar-refractivity contribution is 0.0170. The van der Waals surface area contributed by atoms with Crippen LogP contribution in [0, 0.1) is 5.92 Å². The molecule has 1 aliphatic rings. The van der Waals surface area contributed by atoms with E-state index in [1.165, 1.54) is 0 Å². The molecular weight excluding hydrogens is 360 g/mol. The van der Waals surface area contributed by atoms with Crippen LogP contribution in [0.15, 0.2) is 4.99 Å². The summed E-state index contributed by atoms with van der Waals surface area (Å²) in [6, 6.07) is 0. The molecule has 28 heavy (non-hydrogen) atoms. The fraction of sp³-hybridized carbons (Fsp3) is 0.900. The predicted molar refractivity (Wildman–Crippen MR) is 112 cm³/mol. The van der Waals surface area contributed by atoms with Crippen LogP contribution in [0.3, 0.4) is 0 Å². The van der Waals surface area contributed by atoms with E-state index < -0.39 is 5.60 Å². The number of hydrogen-bond acceptors (Lipinski definition) is 5. The Kier molecular flexibility index (Phi) is 11.9. The van der Waals surface area contributed by atoms with Gasteiger partial charge in [0.05, 0.1) is 13.2 Å². The fourth-order valence-corrected chi connectivity index (χ4v) is 2.89. The Balaban J connectivity index is 2.38. The Labute approximate surface area is 170 Å². The lowest BCUT2D eigenvalue weighted by atomic mass is 9.98. The van der Waals surface area contributed by atoms with Gasteiger partial charge in [-0.15, -0.1) is 0 Å². The van der Waals surface area contributed by atoms with E-state index in [2.05, 4.69) is 17.6 Å². The molecule has 0 aromatic rings. The van der Waals surface area contributed by atoms with Gasteiger partial charge in [0.2, 0.25) is 0 Å². The molecule has 0 spiro atoms. The molecule has 2 N–H and O–H groups in total. The Bertz CT molecular complexity index is 466. The smallest absolute Gasteiger partial charge is 0.410 e. The third-order valence-electron chi connectivity index (χ3n) is 4.21. The summed E-state index contributed by atoms with van der Waals surface area (Å²) < 4.78 is 15.9. The monoisotopic (exact) mass is 400 g/mol. The second-order valence-electron chi connectivity index (χ2n) is 8.04. The van der Waals surface area contributed by atoms with Crippen molar-refractivity contribution in [3.63, 3.8) is 0 Å². The number of carbonyl (C=O) groups is 1. The van der Waals surface area contributed by atoms with E-state index >= 15 is 0 Å². The molecule has 1 aliphatic heterocycles. The summed E-state index contributed by atoms with van der Waals surface area (Å²) >= 11 is 0. The van der Waals surface area contributed by atoms with Crippen molar-refractivity contribution in [3.8, 4) is 0 Å². The highest BCUT2D eigenvalue weighted by molar-refractivity contribution is 5.79. The molecule has 0 aliphatic carbocycles. The van der Waals surface area contributed by atoms with Crippen LogP contribution in [0.25, 0.3) is 0 Å². The van der Waals surface area contributed by atoms with Crippen LogP contribution in [-0.2, 0) is 14.2 Å². The number of rotatable bonds is 10. The Morgan fingerprint density at radius 2 is 2.00 bits per heavy atom. The van der Waals surface area contributed by atoms with Gasteiger partial charge < -0.3 is 29.7 Å². The Hall–Kier alpha value is -1.54.